The molecule has 1 atom stereocenters. The van der Waals surface area contributed by atoms with Crippen LogP contribution in [0, 0.1) is 6.92 Å². The number of aromatic nitrogens is 1. The quantitative estimate of drug-likeness (QED) is 0.750. The molecule has 0 aliphatic heterocycles. The number of fused-ring (bicyclic) bond motifs is 1. The minimum absolute atomic E-state index is 0.0177. The van der Waals surface area contributed by atoms with E-state index in [-0.39, 0.29) is 11.3 Å². The summed E-state index contributed by atoms with van der Waals surface area (Å²) in [6, 6.07) is 10.7. The summed E-state index contributed by atoms with van der Waals surface area (Å²) in [4.78, 5) is 15.8. The Morgan fingerprint density at radius 2 is 1.92 bits per heavy atom. The first-order valence-corrected chi connectivity index (χ1v) is 7.60. The fourth-order valence-electron chi connectivity index (χ4n) is 2.52. The highest BCUT2D eigenvalue weighted by molar-refractivity contribution is 5.95. The average Bonchev–Trinajstić information content (AvgIpc) is 2.98. The van der Waals surface area contributed by atoms with Crippen LogP contribution in [0.15, 0.2) is 46.9 Å². The third kappa shape index (κ3) is 3.50. The van der Waals surface area contributed by atoms with Gasteiger partial charge in [-0.25, -0.2) is 4.98 Å². The van der Waals surface area contributed by atoms with E-state index in [9.17, 15) is 18.0 Å². The van der Waals surface area contributed by atoms with Gasteiger partial charge in [0.25, 0.3) is 5.91 Å². The molecule has 0 saturated carbocycles. The van der Waals surface area contributed by atoms with E-state index >= 15 is 0 Å². The van der Waals surface area contributed by atoms with Crippen LogP contribution >= 0.6 is 0 Å². The molecule has 0 aliphatic rings. The summed E-state index contributed by atoms with van der Waals surface area (Å²) < 4.78 is 43.7. The summed E-state index contributed by atoms with van der Waals surface area (Å²) in [6.45, 7) is 3.11. The highest BCUT2D eigenvalue weighted by atomic mass is 19.4. The summed E-state index contributed by atoms with van der Waals surface area (Å²) in [6.07, 6.45) is -4.54. The second-order valence-corrected chi connectivity index (χ2v) is 5.71. The Morgan fingerprint density at radius 1 is 1.20 bits per heavy atom. The van der Waals surface area contributed by atoms with E-state index in [1.165, 1.54) is 6.92 Å². The Balaban J connectivity index is 1.79. The molecule has 1 aromatic carbocycles. The number of amides is 1. The number of alkyl halides is 3. The minimum Gasteiger partial charge on any atom is -0.459 e. The number of carbonyl (C=O) groups excluding carboxylic acids is 1. The first-order chi connectivity index (χ1) is 11.8. The Kier molecular flexibility index (Phi) is 4.24. The molecule has 4 nitrogen and oxygen atoms in total. The van der Waals surface area contributed by atoms with E-state index in [4.69, 9.17) is 4.42 Å². The van der Waals surface area contributed by atoms with Crippen LogP contribution < -0.4 is 5.32 Å². The number of carbonyl (C=O) groups is 1. The number of para-hydroxylation sites is 1. The van der Waals surface area contributed by atoms with E-state index in [1.807, 2.05) is 30.3 Å². The van der Waals surface area contributed by atoms with E-state index in [2.05, 4.69) is 10.3 Å². The molecule has 3 rings (SSSR count). The molecule has 0 unspecified atom stereocenters. The number of hydrogen-bond acceptors (Lipinski definition) is 3. The number of nitrogens with one attached hydrogen (secondary N) is 1. The Labute approximate surface area is 141 Å². The SMILES string of the molecule is Cc1nc(C(F)(F)F)ccc1C(=O)N[C@@H](C)c1cc2ccccc2o1. The number of aryl methyl sites for hydroxylation is 1. The largest absolute Gasteiger partial charge is 0.459 e. The Hall–Kier alpha value is -2.83. The van der Waals surface area contributed by atoms with Gasteiger partial charge in [0, 0.05) is 5.39 Å². The summed E-state index contributed by atoms with van der Waals surface area (Å²) in [5.74, 6) is 0.0544. The van der Waals surface area contributed by atoms with Crippen LogP contribution in [0.2, 0.25) is 0 Å². The predicted molar refractivity (Wildman–Crippen MR) is 86.1 cm³/mol. The van der Waals surface area contributed by atoms with Crippen molar-refractivity contribution in [2.24, 2.45) is 0 Å². The van der Waals surface area contributed by atoms with Crippen LogP contribution in [-0.2, 0) is 6.18 Å². The topological polar surface area (TPSA) is 55.1 Å². The van der Waals surface area contributed by atoms with Crippen molar-refractivity contribution in [3.63, 3.8) is 0 Å². The maximum absolute atomic E-state index is 12.7. The second-order valence-electron chi connectivity index (χ2n) is 5.71. The van der Waals surface area contributed by atoms with Crippen molar-refractivity contribution in [1.82, 2.24) is 10.3 Å². The van der Waals surface area contributed by atoms with Gasteiger partial charge in [-0.15, -0.1) is 0 Å². The standard InChI is InChI=1S/C18H15F3N2O2/c1-10-13(7-8-16(22-10)18(19,20)21)17(24)23-11(2)15-9-12-5-3-4-6-14(12)25-15/h3-9,11H,1-2H3,(H,23,24)/t11-/m0/s1. The fraction of sp³-hybridized carbons (Fsp3) is 0.222. The van der Waals surface area contributed by atoms with E-state index in [1.54, 1.807) is 6.92 Å². The molecule has 2 heterocycles. The Morgan fingerprint density at radius 3 is 2.56 bits per heavy atom. The zero-order chi connectivity index (χ0) is 18.2. The maximum Gasteiger partial charge on any atom is 0.433 e. The van der Waals surface area contributed by atoms with E-state index < -0.39 is 23.8 Å². The molecule has 0 aliphatic carbocycles. The highest BCUT2D eigenvalue weighted by Crippen LogP contribution is 2.28. The molecule has 2 aromatic heterocycles. The van der Waals surface area contributed by atoms with Gasteiger partial charge in [-0.05, 0) is 38.1 Å². The lowest BCUT2D eigenvalue weighted by Crippen LogP contribution is -2.27. The predicted octanol–water partition coefficient (Wildman–Crippen LogP) is 4.65. The minimum atomic E-state index is -4.54. The molecule has 0 saturated heterocycles. The number of pyridine rings is 1. The molecular formula is C18H15F3N2O2. The number of furan rings is 1. The van der Waals surface area contributed by atoms with Crippen LogP contribution in [-0.4, -0.2) is 10.9 Å². The molecule has 1 amide bonds. The molecule has 7 heteroatoms. The lowest BCUT2D eigenvalue weighted by Gasteiger charge is -2.13. The first-order valence-electron chi connectivity index (χ1n) is 7.60. The molecule has 0 fully saturated rings. The van der Waals surface area contributed by atoms with E-state index in [0.29, 0.717) is 11.3 Å². The third-order valence-corrected chi connectivity index (χ3v) is 3.84. The summed E-state index contributed by atoms with van der Waals surface area (Å²) >= 11 is 0. The van der Waals surface area contributed by atoms with Crippen LogP contribution in [0.25, 0.3) is 11.0 Å². The number of hydrogen-bond donors (Lipinski definition) is 1. The summed E-state index contributed by atoms with van der Waals surface area (Å²) in [7, 11) is 0. The van der Waals surface area contributed by atoms with Gasteiger partial charge in [-0.3, -0.25) is 4.79 Å². The monoisotopic (exact) mass is 348 g/mol. The maximum atomic E-state index is 12.7. The van der Waals surface area contributed by atoms with Crippen molar-refractivity contribution in [2.45, 2.75) is 26.1 Å². The van der Waals surface area contributed by atoms with Gasteiger partial charge in [0.1, 0.15) is 17.0 Å². The second kappa shape index (κ2) is 6.23. The first kappa shape index (κ1) is 17.0. The van der Waals surface area contributed by atoms with Crippen molar-refractivity contribution in [3.05, 3.63) is 65.2 Å². The lowest BCUT2D eigenvalue weighted by atomic mass is 10.1. The van der Waals surface area contributed by atoms with Gasteiger partial charge in [-0.2, -0.15) is 13.2 Å². The van der Waals surface area contributed by atoms with Crippen molar-refractivity contribution in [1.29, 1.82) is 0 Å². The van der Waals surface area contributed by atoms with Gasteiger partial charge in [0.2, 0.25) is 0 Å². The van der Waals surface area contributed by atoms with Gasteiger partial charge >= 0.3 is 6.18 Å². The van der Waals surface area contributed by atoms with Gasteiger partial charge in [0.15, 0.2) is 0 Å². The van der Waals surface area contributed by atoms with Gasteiger partial charge in [-0.1, -0.05) is 18.2 Å². The van der Waals surface area contributed by atoms with Crippen molar-refractivity contribution >= 4 is 16.9 Å². The molecule has 0 radical (unpaired) electrons. The summed E-state index contributed by atoms with van der Waals surface area (Å²) in [5.41, 5.74) is -0.210. The lowest BCUT2D eigenvalue weighted by molar-refractivity contribution is -0.141. The van der Waals surface area contributed by atoms with Crippen molar-refractivity contribution in [2.75, 3.05) is 0 Å². The van der Waals surface area contributed by atoms with E-state index in [0.717, 1.165) is 17.5 Å². The molecule has 25 heavy (non-hydrogen) atoms. The fourth-order valence-corrected chi connectivity index (χ4v) is 2.52. The van der Waals surface area contributed by atoms with Crippen LogP contribution in [0.5, 0.6) is 0 Å². The van der Waals surface area contributed by atoms with Crippen LogP contribution in [0.4, 0.5) is 13.2 Å². The van der Waals surface area contributed by atoms with Crippen LogP contribution in [0.3, 0.4) is 0 Å². The normalized spacial score (nSPS) is 13.0. The molecular weight excluding hydrogens is 333 g/mol. The van der Waals surface area contributed by atoms with Crippen LogP contribution in [0.1, 0.15) is 40.5 Å². The smallest absolute Gasteiger partial charge is 0.433 e. The number of nitrogens with zero attached hydrogens (tertiary/aromatic N) is 1. The number of rotatable bonds is 3. The zero-order valence-electron chi connectivity index (χ0n) is 13.5. The molecule has 3 aromatic rings. The summed E-state index contributed by atoms with van der Waals surface area (Å²) in [5, 5.41) is 3.63. The number of benzene rings is 1. The van der Waals surface area contributed by atoms with Gasteiger partial charge < -0.3 is 9.73 Å². The number of halogens is 3. The molecule has 0 bridgehead atoms. The average molecular weight is 348 g/mol. The van der Waals surface area contributed by atoms with Crippen molar-refractivity contribution < 1.29 is 22.4 Å². The third-order valence-electron chi connectivity index (χ3n) is 3.84. The highest BCUT2D eigenvalue weighted by Gasteiger charge is 2.33. The molecule has 1 N–H and O–H groups in total. The van der Waals surface area contributed by atoms with Crippen molar-refractivity contribution in [3.8, 4) is 0 Å². The molecule has 0 spiro atoms. The van der Waals surface area contributed by atoms with Gasteiger partial charge in [0.05, 0.1) is 17.3 Å². The molecule has 130 valence electrons. The zero-order valence-corrected chi connectivity index (χ0v) is 13.5. The Bertz CT molecular complexity index is 898.